The molecule has 0 fully saturated rings. The van der Waals surface area contributed by atoms with Crippen molar-refractivity contribution < 1.29 is 57.2 Å². The fourth-order valence-corrected chi connectivity index (χ4v) is 5.54. The number of ether oxygens (including phenoxy) is 5. The van der Waals surface area contributed by atoms with Crippen molar-refractivity contribution in [1.82, 2.24) is 0 Å². The summed E-state index contributed by atoms with van der Waals surface area (Å²) in [5, 5.41) is 0. The van der Waals surface area contributed by atoms with Gasteiger partial charge in [0, 0.05) is 5.56 Å². The van der Waals surface area contributed by atoms with Gasteiger partial charge in [-0.15, -0.1) is 0 Å². The highest BCUT2D eigenvalue weighted by atomic mass is 16.6. The van der Waals surface area contributed by atoms with Gasteiger partial charge in [0.25, 0.3) is 0 Å². The fourth-order valence-electron chi connectivity index (χ4n) is 5.54. The van der Waals surface area contributed by atoms with Gasteiger partial charge in [0.2, 0.25) is 0 Å². The molecule has 294 valence electrons. The molecule has 0 saturated carbocycles. The lowest BCUT2D eigenvalue weighted by atomic mass is 9.94. The Kier molecular flexibility index (Phi) is 12.3. The van der Waals surface area contributed by atoms with Crippen molar-refractivity contribution in [3.8, 4) is 22.6 Å². The first-order valence-corrected chi connectivity index (χ1v) is 18.0. The lowest BCUT2D eigenvalue weighted by molar-refractivity contribution is 0.00665. The highest BCUT2D eigenvalue weighted by Crippen LogP contribution is 2.43. The van der Waals surface area contributed by atoms with Gasteiger partial charge in [-0.1, -0.05) is 78.9 Å². The van der Waals surface area contributed by atoms with E-state index in [0.29, 0.717) is 0 Å². The molecule has 0 heterocycles. The SMILES string of the molecule is CC(C)(C)OC(=O)c1cc(OC(=O)c2ccccc2)c(-c2ccc(C(=O)OC(=O)c3ccccc3)cc2C(=O)OC(=O)c2ccccc2)c(OC(=O)c2ccccc2)c1. The molecule has 0 aliphatic carbocycles. The average molecular weight is 791 g/mol. The van der Waals surface area contributed by atoms with Gasteiger partial charge in [0.1, 0.15) is 17.1 Å². The quantitative estimate of drug-likeness (QED) is 0.0561. The first-order chi connectivity index (χ1) is 28.3. The highest BCUT2D eigenvalue weighted by Gasteiger charge is 2.30. The molecule has 0 aliphatic heterocycles. The van der Waals surface area contributed by atoms with E-state index in [2.05, 4.69) is 0 Å². The van der Waals surface area contributed by atoms with E-state index in [1.165, 1.54) is 60.7 Å². The van der Waals surface area contributed by atoms with Crippen LogP contribution in [0, 0.1) is 0 Å². The van der Waals surface area contributed by atoms with E-state index in [1.54, 1.807) is 93.6 Å². The van der Waals surface area contributed by atoms with Gasteiger partial charge in [-0.3, -0.25) is 0 Å². The van der Waals surface area contributed by atoms with E-state index in [4.69, 9.17) is 23.7 Å². The monoisotopic (exact) mass is 790 g/mol. The Hall–Kier alpha value is -7.99. The minimum Gasteiger partial charge on any atom is -0.456 e. The molecule has 6 aromatic carbocycles. The molecule has 6 aromatic rings. The minimum atomic E-state index is -1.30. The molecular formula is C47H34O12. The second-order valence-electron chi connectivity index (χ2n) is 13.7. The third-order valence-electron chi connectivity index (χ3n) is 8.26. The standard InChI is InChI=1S/C47H34O12/c1-47(2,3)59-45(53)34-27-37(55-40(48)29-16-8-4-9-17-29)39(38(28-34)56-41(49)30-18-10-5-11-19-30)35-25-24-33(44(52)57-42(50)31-20-12-6-13-21-31)26-36(35)46(54)58-43(51)32-22-14-7-15-23-32/h4-28H,1-3H3. The Morgan fingerprint density at radius 3 is 1.15 bits per heavy atom. The summed E-state index contributed by atoms with van der Waals surface area (Å²) in [5.41, 5.74) is -2.16. The van der Waals surface area contributed by atoms with Crippen LogP contribution in [0.3, 0.4) is 0 Å². The molecule has 0 unspecified atom stereocenters. The first-order valence-electron chi connectivity index (χ1n) is 18.0. The van der Waals surface area contributed by atoms with Crippen LogP contribution in [0.25, 0.3) is 11.1 Å². The molecule has 0 aromatic heterocycles. The smallest absolute Gasteiger partial charge is 0.346 e. The molecule has 12 heteroatoms. The van der Waals surface area contributed by atoms with Crippen molar-refractivity contribution in [1.29, 1.82) is 0 Å². The Morgan fingerprint density at radius 1 is 0.373 bits per heavy atom. The third kappa shape index (κ3) is 10.3. The number of rotatable bonds is 10. The second kappa shape index (κ2) is 17.9. The van der Waals surface area contributed by atoms with Crippen molar-refractivity contribution in [2.45, 2.75) is 26.4 Å². The summed E-state index contributed by atoms with van der Waals surface area (Å²) < 4.78 is 27.8. The molecule has 0 amide bonds. The Labute approximate surface area is 337 Å². The van der Waals surface area contributed by atoms with Crippen LogP contribution in [-0.4, -0.2) is 47.4 Å². The molecule has 0 aliphatic rings. The van der Waals surface area contributed by atoms with Gasteiger partial charge in [-0.05, 0) is 93.6 Å². The Balaban J connectivity index is 1.56. The van der Waals surface area contributed by atoms with Gasteiger partial charge in [-0.2, -0.15) is 0 Å². The van der Waals surface area contributed by atoms with Crippen molar-refractivity contribution in [2.75, 3.05) is 0 Å². The van der Waals surface area contributed by atoms with Gasteiger partial charge >= 0.3 is 41.8 Å². The van der Waals surface area contributed by atoms with E-state index in [0.717, 1.165) is 18.2 Å². The number of esters is 7. The molecule has 0 bridgehead atoms. The summed E-state index contributed by atoms with van der Waals surface area (Å²) in [5.74, 6) is -7.98. The van der Waals surface area contributed by atoms with Crippen LogP contribution >= 0.6 is 0 Å². The molecule has 0 radical (unpaired) electrons. The van der Waals surface area contributed by atoms with E-state index < -0.39 is 64.4 Å². The van der Waals surface area contributed by atoms with E-state index in [1.807, 2.05) is 0 Å². The summed E-state index contributed by atoms with van der Waals surface area (Å²) in [4.78, 5) is 94.5. The number of carbonyl (C=O) groups excluding carboxylic acids is 7. The molecule has 59 heavy (non-hydrogen) atoms. The van der Waals surface area contributed by atoms with Crippen LogP contribution in [0.5, 0.6) is 11.5 Å². The van der Waals surface area contributed by atoms with Gasteiger partial charge in [0.05, 0.1) is 44.5 Å². The molecule has 6 rings (SSSR count). The lowest BCUT2D eigenvalue weighted by Crippen LogP contribution is -2.24. The maximum absolute atomic E-state index is 14.1. The number of carbonyl (C=O) groups is 7. The zero-order valence-corrected chi connectivity index (χ0v) is 31.8. The summed E-state index contributed by atoms with van der Waals surface area (Å²) in [6, 6.07) is 36.7. The molecule has 0 N–H and O–H groups in total. The Bertz CT molecular complexity index is 2480. The van der Waals surface area contributed by atoms with Crippen molar-refractivity contribution >= 4 is 41.8 Å². The van der Waals surface area contributed by atoms with Gasteiger partial charge in [-0.25, -0.2) is 33.6 Å². The molecular weight excluding hydrogens is 757 g/mol. The predicted octanol–water partition coefficient (Wildman–Crippen LogP) is 8.74. The van der Waals surface area contributed by atoms with Crippen molar-refractivity contribution in [3.63, 3.8) is 0 Å². The maximum Gasteiger partial charge on any atom is 0.346 e. The average Bonchev–Trinajstić information content (AvgIpc) is 3.24. The lowest BCUT2D eigenvalue weighted by Gasteiger charge is -2.22. The van der Waals surface area contributed by atoms with Crippen LogP contribution in [-0.2, 0) is 14.2 Å². The fraction of sp³-hybridized carbons (Fsp3) is 0.0851. The van der Waals surface area contributed by atoms with Crippen LogP contribution in [0.15, 0.2) is 152 Å². The third-order valence-corrected chi connectivity index (χ3v) is 8.26. The molecule has 0 atom stereocenters. The van der Waals surface area contributed by atoms with Crippen LogP contribution in [0.1, 0.15) is 93.3 Å². The van der Waals surface area contributed by atoms with E-state index in [-0.39, 0.29) is 44.5 Å². The second-order valence-corrected chi connectivity index (χ2v) is 13.7. The Morgan fingerprint density at radius 2 is 0.746 bits per heavy atom. The summed E-state index contributed by atoms with van der Waals surface area (Å²) in [6.45, 7) is 4.92. The summed E-state index contributed by atoms with van der Waals surface area (Å²) in [7, 11) is 0. The first kappa shape index (κ1) is 40.7. The normalized spacial score (nSPS) is 10.8. The molecule has 0 saturated heterocycles. The zero-order chi connectivity index (χ0) is 42.1. The molecule has 0 spiro atoms. The topological polar surface area (TPSA) is 166 Å². The van der Waals surface area contributed by atoms with Gasteiger partial charge < -0.3 is 23.7 Å². The zero-order valence-electron chi connectivity index (χ0n) is 31.8. The predicted molar refractivity (Wildman–Crippen MR) is 212 cm³/mol. The molecule has 12 nitrogen and oxygen atoms in total. The summed E-state index contributed by atoms with van der Waals surface area (Å²) >= 11 is 0. The van der Waals surface area contributed by atoms with E-state index in [9.17, 15) is 33.6 Å². The van der Waals surface area contributed by atoms with Gasteiger partial charge in [0.15, 0.2) is 0 Å². The maximum atomic E-state index is 14.1. The number of hydrogen-bond donors (Lipinski definition) is 0. The van der Waals surface area contributed by atoms with Crippen molar-refractivity contribution in [2.24, 2.45) is 0 Å². The summed E-state index contributed by atoms with van der Waals surface area (Å²) in [6.07, 6.45) is 0. The van der Waals surface area contributed by atoms with Crippen LogP contribution in [0.4, 0.5) is 0 Å². The van der Waals surface area contributed by atoms with Crippen molar-refractivity contribution in [3.05, 3.63) is 191 Å². The minimum absolute atomic E-state index is 0.0168. The number of benzene rings is 6. The highest BCUT2D eigenvalue weighted by molar-refractivity contribution is 6.10. The van der Waals surface area contributed by atoms with Crippen LogP contribution in [0.2, 0.25) is 0 Å². The van der Waals surface area contributed by atoms with E-state index >= 15 is 0 Å². The van der Waals surface area contributed by atoms with Crippen LogP contribution < -0.4 is 9.47 Å². The largest absolute Gasteiger partial charge is 0.456 e. The number of hydrogen-bond acceptors (Lipinski definition) is 12.